The number of nitrogens with two attached hydrogens (primary N) is 1. The minimum Gasteiger partial charge on any atom is -0.392 e. The Labute approximate surface area is 246 Å². The molecule has 0 radical (unpaired) electrons. The number of aryl methyl sites for hydroxylation is 1. The Kier molecular flexibility index (Phi) is 7.08. The van der Waals surface area contributed by atoms with Gasteiger partial charge >= 0.3 is 0 Å². The summed E-state index contributed by atoms with van der Waals surface area (Å²) in [6, 6.07) is 6.15. The Balaban J connectivity index is 1.71. The first kappa shape index (κ1) is 29.8. The number of carbonyl (C=O) groups excluding carboxylic acids is 2. The summed E-state index contributed by atoms with van der Waals surface area (Å²) in [5, 5.41) is 14.9. The standard InChI is InChI=1S/C31H33FN6O5/c1-30(2,3)18-9-16-13-35-38(28(42)24(16)23(32)11-18)26-20(15-39)19(7-8-34-26)17-10-21(27(41)37(6)14-17)31(29(43)36(4)5)12-22(31)25(33)40/h7-11,13-14,22,39H,12,15H2,1-6H3,(H2,33,40). The van der Waals surface area contributed by atoms with Gasteiger partial charge in [-0.3, -0.25) is 19.2 Å². The van der Waals surface area contributed by atoms with Crippen LogP contribution >= 0.6 is 0 Å². The van der Waals surface area contributed by atoms with Gasteiger partial charge in [0.1, 0.15) is 5.82 Å². The number of amides is 2. The largest absolute Gasteiger partial charge is 0.392 e. The van der Waals surface area contributed by atoms with E-state index >= 15 is 4.39 Å². The lowest BCUT2D eigenvalue weighted by molar-refractivity contribution is -0.133. The quantitative estimate of drug-likeness (QED) is 0.349. The van der Waals surface area contributed by atoms with Gasteiger partial charge in [0.25, 0.3) is 11.1 Å². The Morgan fingerprint density at radius 1 is 1.19 bits per heavy atom. The average Bonchev–Trinajstić information content (AvgIpc) is 3.70. The van der Waals surface area contributed by atoms with Crippen molar-refractivity contribution in [1.29, 1.82) is 0 Å². The van der Waals surface area contributed by atoms with Crippen LogP contribution in [0.3, 0.4) is 0 Å². The second-order valence-corrected chi connectivity index (χ2v) is 12.2. The summed E-state index contributed by atoms with van der Waals surface area (Å²) in [5.74, 6) is -2.69. The molecular formula is C31H33FN6O5. The van der Waals surface area contributed by atoms with Crippen molar-refractivity contribution in [3.8, 4) is 16.9 Å². The Morgan fingerprint density at radius 2 is 1.88 bits per heavy atom. The zero-order valence-corrected chi connectivity index (χ0v) is 24.8. The Morgan fingerprint density at radius 3 is 2.47 bits per heavy atom. The van der Waals surface area contributed by atoms with Crippen LogP contribution in [0.25, 0.3) is 27.7 Å². The van der Waals surface area contributed by atoms with E-state index in [9.17, 15) is 24.3 Å². The van der Waals surface area contributed by atoms with E-state index in [-0.39, 0.29) is 34.2 Å². The molecule has 11 nitrogen and oxygen atoms in total. The lowest BCUT2D eigenvalue weighted by atomic mass is 9.86. The summed E-state index contributed by atoms with van der Waals surface area (Å²) in [6.07, 6.45) is 4.38. The minimum absolute atomic E-state index is 0.0258. The molecule has 1 saturated carbocycles. The molecule has 2 unspecified atom stereocenters. The summed E-state index contributed by atoms with van der Waals surface area (Å²) in [4.78, 5) is 58.0. The molecule has 1 fully saturated rings. The maximum atomic E-state index is 15.3. The normalized spacial score (nSPS) is 18.1. The molecule has 2 atom stereocenters. The highest BCUT2D eigenvalue weighted by Crippen LogP contribution is 2.54. The number of halogens is 1. The smallest absolute Gasteiger partial charge is 0.283 e. The molecule has 3 N–H and O–H groups in total. The molecule has 43 heavy (non-hydrogen) atoms. The number of fused-ring (bicyclic) bond motifs is 1. The van der Waals surface area contributed by atoms with E-state index in [1.165, 1.54) is 61.3 Å². The third-order valence-electron chi connectivity index (χ3n) is 8.16. The molecule has 3 aromatic heterocycles. The first-order chi connectivity index (χ1) is 20.1. The van der Waals surface area contributed by atoms with Gasteiger partial charge in [-0.25, -0.2) is 9.37 Å². The van der Waals surface area contributed by atoms with Crippen LogP contribution in [0.15, 0.2) is 52.4 Å². The Hall–Kier alpha value is -4.71. The van der Waals surface area contributed by atoms with Crippen molar-refractivity contribution in [3.63, 3.8) is 0 Å². The van der Waals surface area contributed by atoms with Crippen molar-refractivity contribution < 1.29 is 19.1 Å². The van der Waals surface area contributed by atoms with Gasteiger partial charge in [-0.2, -0.15) is 9.78 Å². The van der Waals surface area contributed by atoms with Crippen molar-refractivity contribution in [2.24, 2.45) is 18.7 Å². The molecule has 3 heterocycles. The zero-order chi connectivity index (χ0) is 31.6. The molecule has 5 rings (SSSR count). The zero-order valence-electron chi connectivity index (χ0n) is 24.8. The summed E-state index contributed by atoms with van der Waals surface area (Å²) in [5.41, 5.74) is 4.37. The SMILES string of the molecule is CN(C)C(=O)C1(c2cc(-c3ccnc(-n4ncc5cc(C(C)(C)C)cc(F)c5c4=O)c3CO)cn(C)c2=O)CC1C(N)=O. The third-order valence-corrected chi connectivity index (χ3v) is 8.16. The van der Waals surface area contributed by atoms with Gasteiger partial charge in [-0.05, 0) is 52.8 Å². The number of likely N-dealkylation sites (N-methyl/N-ethyl adjacent to an activating group) is 1. The molecule has 4 aromatic rings. The van der Waals surface area contributed by atoms with E-state index in [0.717, 1.165) is 4.68 Å². The van der Waals surface area contributed by atoms with E-state index in [1.54, 1.807) is 12.1 Å². The second-order valence-electron chi connectivity index (χ2n) is 12.2. The summed E-state index contributed by atoms with van der Waals surface area (Å²) in [7, 11) is 4.58. The molecule has 12 heteroatoms. The second kappa shape index (κ2) is 10.2. The van der Waals surface area contributed by atoms with Crippen LogP contribution in [0.1, 0.15) is 43.9 Å². The van der Waals surface area contributed by atoms with E-state index in [4.69, 9.17) is 5.73 Å². The highest BCUT2D eigenvalue weighted by atomic mass is 19.1. The first-order valence-corrected chi connectivity index (χ1v) is 13.7. The van der Waals surface area contributed by atoms with Crippen molar-refractivity contribution in [1.82, 2.24) is 24.2 Å². The monoisotopic (exact) mass is 588 g/mol. The van der Waals surface area contributed by atoms with E-state index in [0.29, 0.717) is 22.1 Å². The minimum atomic E-state index is -1.42. The van der Waals surface area contributed by atoms with Gasteiger partial charge in [0.05, 0.1) is 29.5 Å². The van der Waals surface area contributed by atoms with Gasteiger partial charge in [0.2, 0.25) is 11.8 Å². The van der Waals surface area contributed by atoms with Crippen LogP contribution in [-0.2, 0) is 34.1 Å². The molecule has 0 saturated heterocycles. The number of aliphatic hydroxyl groups is 1. The molecule has 0 bridgehead atoms. The van der Waals surface area contributed by atoms with Gasteiger partial charge in [-0.1, -0.05) is 20.8 Å². The van der Waals surface area contributed by atoms with E-state index < -0.39 is 46.7 Å². The van der Waals surface area contributed by atoms with Crippen molar-refractivity contribution in [2.75, 3.05) is 14.1 Å². The lowest BCUT2D eigenvalue weighted by Gasteiger charge is -2.22. The van der Waals surface area contributed by atoms with Crippen LogP contribution in [0, 0.1) is 11.7 Å². The van der Waals surface area contributed by atoms with Gasteiger partial charge < -0.3 is 20.3 Å². The fourth-order valence-electron chi connectivity index (χ4n) is 5.74. The highest BCUT2D eigenvalue weighted by molar-refractivity contribution is 6.00. The summed E-state index contributed by atoms with van der Waals surface area (Å²) in [6.45, 7) is 5.22. The number of nitrogens with zero attached hydrogens (tertiary/aromatic N) is 5. The number of pyridine rings is 2. The summed E-state index contributed by atoms with van der Waals surface area (Å²) < 4.78 is 17.5. The topological polar surface area (TPSA) is 153 Å². The number of hydrogen-bond donors (Lipinski definition) is 2. The number of rotatable bonds is 6. The fraction of sp³-hybridized carbons (Fsp3) is 0.355. The number of hydrogen-bond acceptors (Lipinski definition) is 7. The van der Waals surface area contributed by atoms with Crippen LogP contribution in [0.5, 0.6) is 0 Å². The molecule has 0 spiro atoms. The van der Waals surface area contributed by atoms with E-state index in [1.807, 2.05) is 20.8 Å². The lowest BCUT2D eigenvalue weighted by Crippen LogP contribution is -2.41. The van der Waals surface area contributed by atoms with Crippen molar-refractivity contribution in [2.45, 2.75) is 44.6 Å². The molecule has 1 aliphatic rings. The maximum absolute atomic E-state index is 15.3. The van der Waals surface area contributed by atoms with Gasteiger partial charge in [-0.15, -0.1) is 0 Å². The fourth-order valence-corrected chi connectivity index (χ4v) is 5.74. The van der Waals surface area contributed by atoms with Crippen LogP contribution in [-0.4, -0.2) is 55.2 Å². The van der Waals surface area contributed by atoms with Gasteiger partial charge in [0, 0.05) is 50.0 Å². The predicted molar refractivity (Wildman–Crippen MR) is 158 cm³/mol. The molecular weight excluding hydrogens is 555 g/mol. The number of aliphatic hydroxyl groups excluding tert-OH is 1. The van der Waals surface area contributed by atoms with Crippen LogP contribution in [0.2, 0.25) is 0 Å². The maximum Gasteiger partial charge on any atom is 0.283 e. The highest BCUT2D eigenvalue weighted by Gasteiger charge is 2.65. The Bertz CT molecular complexity index is 1940. The van der Waals surface area contributed by atoms with E-state index in [2.05, 4.69) is 10.1 Å². The summed E-state index contributed by atoms with van der Waals surface area (Å²) >= 11 is 0. The van der Waals surface area contributed by atoms with Crippen molar-refractivity contribution in [3.05, 3.63) is 86.1 Å². The molecule has 1 aromatic carbocycles. The number of aromatic nitrogens is 4. The van der Waals surface area contributed by atoms with Crippen molar-refractivity contribution >= 4 is 22.6 Å². The number of benzene rings is 1. The number of primary amides is 1. The number of carbonyl (C=O) groups is 2. The molecule has 0 aliphatic heterocycles. The molecule has 1 aliphatic carbocycles. The molecule has 2 amide bonds. The van der Waals surface area contributed by atoms with Crippen LogP contribution in [0.4, 0.5) is 4.39 Å². The van der Waals surface area contributed by atoms with Gasteiger partial charge in [0.15, 0.2) is 5.82 Å². The third kappa shape index (κ3) is 4.71. The average molecular weight is 589 g/mol. The van der Waals surface area contributed by atoms with Crippen LogP contribution < -0.4 is 16.9 Å². The molecule has 224 valence electrons. The first-order valence-electron chi connectivity index (χ1n) is 13.7. The predicted octanol–water partition coefficient (Wildman–Crippen LogP) is 1.91.